The summed E-state index contributed by atoms with van der Waals surface area (Å²) >= 11 is 3.10. The van der Waals surface area contributed by atoms with Crippen LogP contribution in [0.3, 0.4) is 0 Å². The van der Waals surface area contributed by atoms with E-state index in [2.05, 4.69) is 9.47 Å². The number of thioether (sulfide) groups is 2. The highest BCUT2D eigenvalue weighted by molar-refractivity contribution is 8.29. The third-order valence-corrected chi connectivity index (χ3v) is 6.32. The summed E-state index contributed by atoms with van der Waals surface area (Å²) in [6, 6.07) is 3.23. The van der Waals surface area contributed by atoms with Gasteiger partial charge in [-0.3, -0.25) is 9.59 Å². The van der Waals surface area contributed by atoms with Gasteiger partial charge in [0.25, 0.3) is 0 Å². The molecule has 0 atom stereocenters. The van der Waals surface area contributed by atoms with E-state index in [1.54, 1.807) is 12.1 Å². The highest BCUT2D eigenvalue weighted by Crippen LogP contribution is 2.52. The molecular formula is C14H10O6S3. The van der Waals surface area contributed by atoms with Crippen LogP contribution >= 0.6 is 34.9 Å². The number of carbonyl (C=O) groups is 4. The average Bonchev–Trinajstić information content (AvgIpc) is 3.21. The number of esters is 2. The number of ether oxygens (including phenoxy) is 2. The van der Waals surface area contributed by atoms with Gasteiger partial charge in [-0.2, -0.15) is 0 Å². The van der Waals surface area contributed by atoms with E-state index in [9.17, 15) is 19.2 Å². The van der Waals surface area contributed by atoms with Crippen molar-refractivity contribution in [2.24, 2.45) is 0 Å². The Morgan fingerprint density at radius 2 is 1.57 bits per heavy atom. The van der Waals surface area contributed by atoms with Crippen LogP contribution in [0.15, 0.2) is 26.2 Å². The van der Waals surface area contributed by atoms with Gasteiger partial charge in [0, 0.05) is 4.88 Å². The van der Waals surface area contributed by atoms with E-state index in [1.165, 1.54) is 14.2 Å². The Labute approximate surface area is 143 Å². The first kappa shape index (κ1) is 17.5. The maximum Gasteiger partial charge on any atom is 0.346 e. The molecule has 0 radical (unpaired) electrons. The van der Waals surface area contributed by atoms with Crippen molar-refractivity contribution in [3.8, 4) is 0 Å². The average molecular weight is 370 g/mol. The van der Waals surface area contributed by atoms with Crippen molar-refractivity contribution in [3.05, 3.63) is 35.9 Å². The summed E-state index contributed by atoms with van der Waals surface area (Å²) in [4.78, 5) is 47.1. The Bertz CT molecular complexity index is 713. The van der Waals surface area contributed by atoms with E-state index in [0.717, 1.165) is 34.9 Å². The molecule has 2 rings (SSSR count). The molecular weight excluding hydrogens is 360 g/mol. The van der Waals surface area contributed by atoms with Crippen LogP contribution in [-0.4, -0.2) is 38.7 Å². The predicted molar refractivity (Wildman–Crippen MR) is 88.9 cm³/mol. The van der Waals surface area contributed by atoms with Gasteiger partial charge >= 0.3 is 11.9 Å². The number of aldehydes is 2. The van der Waals surface area contributed by atoms with Crippen LogP contribution in [0.2, 0.25) is 0 Å². The fraction of sp³-hybridized carbons (Fsp3) is 0.143. The van der Waals surface area contributed by atoms with Gasteiger partial charge in [-0.1, -0.05) is 23.5 Å². The third kappa shape index (κ3) is 3.57. The third-order valence-electron chi connectivity index (χ3n) is 2.68. The molecule has 6 nitrogen and oxygen atoms in total. The molecule has 1 aromatic rings. The normalized spacial score (nSPS) is 13.7. The fourth-order valence-corrected chi connectivity index (χ4v) is 5.10. The zero-order valence-electron chi connectivity index (χ0n) is 12.0. The summed E-state index contributed by atoms with van der Waals surface area (Å²) in [5.74, 6) is -1.36. The van der Waals surface area contributed by atoms with Crippen LogP contribution in [0.1, 0.15) is 14.5 Å². The Balaban J connectivity index is 2.45. The lowest BCUT2D eigenvalue weighted by atomic mass is 10.3. The van der Waals surface area contributed by atoms with Crippen LogP contribution in [0.25, 0.3) is 5.57 Å². The second kappa shape index (κ2) is 7.62. The molecule has 120 valence electrons. The predicted octanol–water partition coefficient (Wildman–Crippen LogP) is 2.47. The van der Waals surface area contributed by atoms with E-state index in [0.29, 0.717) is 32.1 Å². The molecule has 0 aliphatic carbocycles. The SMILES string of the molecule is COC(=O)C1=C(C(=O)OC)SC(=C(C=O)c2ccc(C=O)s2)S1. The standard InChI is InChI=1S/C14H10O6S3/c1-19-12(17)10-11(13(18)20-2)23-14(22-10)8(6-16)9-4-3-7(5-15)21-9/h3-6H,1-2H3. The number of methoxy groups -OCH3 is 2. The smallest absolute Gasteiger partial charge is 0.346 e. The van der Waals surface area contributed by atoms with Crippen LogP contribution < -0.4 is 0 Å². The molecule has 0 saturated carbocycles. The molecule has 1 aliphatic heterocycles. The van der Waals surface area contributed by atoms with E-state index < -0.39 is 11.9 Å². The Hall–Kier alpha value is -1.84. The maximum atomic E-state index is 11.8. The minimum absolute atomic E-state index is 0.0749. The molecule has 0 bridgehead atoms. The molecule has 0 spiro atoms. The van der Waals surface area contributed by atoms with Crippen molar-refractivity contribution in [1.29, 1.82) is 0 Å². The molecule has 2 heterocycles. The lowest BCUT2D eigenvalue weighted by Crippen LogP contribution is -2.08. The first-order chi connectivity index (χ1) is 11.0. The zero-order chi connectivity index (χ0) is 17.0. The van der Waals surface area contributed by atoms with Crippen molar-refractivity contribution in [1.82, 2.24) is 0 Å². The zero-order valence-corrected chi connectivity index (χ0v) is 14.4. The molecule has 0 unspecified atom stereocenters. The number of thiophene rings is 1. The molecule has 23 heavy (non-hydrogen) atoms. The van der Waals surface area contributed by atoms with Gasteiger partial charge in [0.1, 0.15) is 9.81 Å². The summed E-state index contributed by atoms with van der Waals surface area (Å²) in [7, 11) is 2.40. The van der Waals surface area contributed by atoms with Crippen LogP contribution in [0.5, 0.6) is 0 Å². The molecule has 0 saturated heterocycles. The van der Waals surface area contributed by atoms with Gasteiger partial charge < -0.3 is 9.47 Å². The number of hydrogen-bond acceptors (Lipinski definition) is 9. The highest BCUT2D eigenvalue weighted by atomic mass is 32.2. The second-order valence-electron chi connectivity index (χ2n) is 3.98. The Morgan fingerprint density at radius 3 is 1.96 bits per heavy atom. The van der Waals surface area contributed by atoms with E-state index in [-0.39, 0.29) is 9.81 Å². The van der Waals surface area contributed by atoms with Gasteiger partial charge in [0.05, 0.1) is 28.9 Å². The number of carbonyl (C=O) groups excluding carboxylic acids is 4. The highest BCUT2D eigenvalue weighted by Gasteiger charge is 2.34. The van der Waals surface area contributed by atoms with Gasteiger partial charge in [0.2, 0.25) is 0 Å². The number of hydrogen-bond donors (Lipinski definition) is 0. The largest absolute Gasteiger partial charge is 0.465 e. The minimum Gasteiger partial charge on any atom is -0.465 e. The lowest BCUT2D eigenvalue weighted by Gasteiger charge is -2.01. The Kier molecular flexibility index (Phi) is 5.80. The topological polar surface area (TPSA) is 86.7 Å². The first-order valence-corrected chi connectivity index (χ1v) is 8.52. The minimum atomic E-state index is -0.678. The summed E-state index contributed by atoms with van der Waals surface area (Å²) < 4.78 is 9.77. The second-order valence-corrected chi connectivity index (χ2v) is 7.40. The van der Waals surface area contributed by atoms with Crippen LogP contribution in [-0.2, 0) is 23.9 Å². The number of allylic oxidation sites excluding steroid dienone is 1. The summed E-state index contributed by atoms with van der Waals surface area (Å²) in [5, 5.41) is 0. The molecule has 1 aliphatic rings. The fourth-order valence-electron chi connectivity index (χ4n) is 1.63. The molecule has 9 heteroatoms. The summed E-state index contributed by atoms with van der Waals surface area (Å²) in [6.07, 6.45) is 1.32. The quantitative estimate of drug-likeness (QED) is 0.444. The van der Waals surface area contributed by atoms with Crippen molar-refractivity contribution in [2.75, 3.05) is 14.2 Å². The summed E-state index contributed by atoms with van der Waals surface area (Å²) in [6.45, 7) is 0. The lowest BCUT2D eigenvalue weighted by molar-refractivity contribution is -0.138. The van der Waals surface area contributed by atoms with E-state index in [1.807, 2.05) is 0 Å². The molecule has 0 N–H and O–H groups in total. The first-order valence-electron chi connectivity index (χ1n) is 6.07. The van der Waals surface area contributed by atoms with Gasteiger partial charge in [-0.25, -0.2) is 9.59 Å². The number of rotatable bonds is 5. The van der Waals surface area contributed by atoms with E-state index in [4.69, 9.17) is 0 Å². The van der Waals surface area contributed by atoms with Crippen molar-refractivity contribution < 1.29 is 28.7 Å². The van der Waals surface area contributed by atoms with Crippen molar-refractivity contribution in [2.45, 2.75) is 0 Å². The Morgan fingerprint density at radius 1 is 1.00 bits per heavy atom. The van der Waals surface area contributed by atoms with Crippen molar-refractivity contribution in [3.63, 3.8) is 0 Å². The van der Waals surface area contributed by atoms with Crippen LogP contribution in [0.4, 0.5) is 0 Å². The monoisotopic (exact) mass is 370 g/mol. The van der Waals surface area contributed by atoms with E-state index >= 15 is 0 Å². The molecule has 0 fully saturated rings. The summed E-state index contributed by atoms with van der Waals surface area (Å²) in [5.41, 5.74) is 0.304. The molecule has 0 aromatic carbocycles. The van der Waals surface area contributed by atoms with Gasteiger partial charge in [0.15, 0.2) is 12.6 Å². The van der Waals surface area contributed by atoms with Gasteiger partial charge in [-0.15, -0.1) is 11.3 Å². The molecule has 0 amide bonds. The van der Waals surface area contributed by atoms with Gasteiger partial charge in [-0.05, 0) is 12.1 Å². The van der Waals surface area contributed by atoms with Crippen molar-refractivity contribution >= 4 is 64.9 Å². The van der Waals surface area contributed by atoms with Crippen LogP contribution in [0, 0.1) is 0 Å². The molecule has 1 aromatic heterocycles. The maximum absolute atomic E-state index is 11.8.